The third-order valence-corrected chi connectivity index (χ3v) is 4.36. The second kappa shape index (κ2) is 6.35. The van der Waals surface area contributed by atoms with Crippen molar-refractivity contribution in [3.63, 3.8) is 0 Å². The van der Waals surface area contributed by atoms with Crippen LogP contribution in [0.2, 0.25) is 0 Å². The van der Waals surface area contributed by atoms with Gasteiger partial charge in [0.1, 0.15) is 0 Å². The van der Waals surface area contributed by atoms with Gasteiger partial charge in [-0.2, -0.15) is 0 Å². The number of aromatic amines is 1. The molecule has 1 aromatic heterocycles. The first kappa shape index (κ1) is 14.2. The third-order valence-electron chi connectivity index (χ3n) is 4.36. The fourth-order valence-corrected chi connectivity index (χ4v) is 3.09. The van der Waals surface area contributed by atoms with E-state index in [1.807, 2.05) is 18.2 Å². The Balaban J connectivity index is 1.48. The molecular formula is C16H25N5. The molecule has 1 atom stereocenters. The van der Waals surface area contributed by atoms with E-state index in [0.717, 1.165) is 41.7 Å². The predicted molar refractivity (Wildman–Crippen MR) is 88.5 cm³/mol. The monoisotopic (exact) mass is 287 g/mol. The Bertz CT molecular complexity index is 591. The Labute approximate surface area is 125 Å². The molecule has 1 fully saturated rings. The van der Waals surface area contributed by atoms with Crippen LogP contribution in [0.4, 0.5) is 11.6 Å². The van der Waals surface area contributed by atoms with Crippen molar-refractivity contribution in [2.45, 2.75) is 38.6 Å². The summed E-state index contributed by atoms with van der Waals surface area (Å²) in [5.41, 5.74) is 8.48. The van der Waals surface area contributed by atoms with E-state index in [9.17, 15) is 0 Å². The van der Waals surface area contributed by atoms with Gasteiger partial charge >= 0.3 is 0 Å². The molecule has 21 heavy (non-hydrogen) atoms. The molecular weight excluding hydrogens is 262 g/mol. The molecule has 4 N–H and O–H groups in total. The molecule has 0 bridgehead atoms. The van der Waals surface area contributed by atoms with E-state index in [0.29, 0.717) is 0 Å². The summed E-state index contributed by atoms with van der Waals surface area (Å²) < 4.78 is 0. The van der Waals surface area contributed by atoms with Crippen molar-refractivity contribution in [3.05, 3.63) is 18.2 Å². The number of anilines is 2. The molecule has 0 spiro atoms. The Hall–Kier alpha value is -1.75. The molecule has 1 saturated heterocycles. The summed E-state index contributed by atoms with van der Waals surface area (Å²) in [7, 11) is 0. The van der Waals surface area contributed by atoms with Crippen molar-refractivity contribution in [2.24, 2.45) is 0 Å². The van der Waals surface area contributed by atoms with Crippen LogP contribution in [0.1, 0.15) is 32.6 Å². The van der Waals surface area contributed by atoms with Gasteiger partial charge in [0.05, 0.1) is 11.0 Å². The number of nitrogens with one attached hydrogen (secondary N) is 2. The van der Waals surface area contributed by atoms with Gasteiger partial charge in [-0.1, -0.05) is 6.42 Å². The van der Waals surface area contributed by atoms with Crippen LogP contribution in [0, 0.1) is 0 Å². The molecule has 1 aliphatic heterocycles. The third kappa shape index (κ3) is 3.47. The van der Waals surface area contributed by atoms with E-state index >= 15 is 0 Å². The van der Waals surface area contributed by atoms with Gasteiger partial charge < -0.3 is 20.9 Å². The standard InChI is InChI=1S/C16H25N5/c1-12-5-2-3-9-21(12)10-4-8-18-16-19-14-7-6-13(17)11-15(14)20-16/h6-7,11-12H,2-5,8-10,17H2,1H3,(H2,18,19,20). The molecule has 5 heteroatoms. The number of nitrogens with zero attached hydrogens (tertiary/aromatic N) is 2. The molecule has 1 aromatic carbocycles. The van der Waals surface area contributed by atoms with Crippen molar-refractivity contribution in [2.75, 3.05) is 30.7 Å². The van der Waals surface area contributed by atoms with Crippen LogP contribution in [-0.2, 0) is 0 Å². The zero-order valence-electron chi connectivity index (χ0n) is 12.7. The summed E-state index contributed by atoms with van der Waals surface area (Å²) in [5, 5.41) is 3.37. The van der Waals surface area contributed by atoms with E-state index in [4.69, 9.17) is 5.73 Å². The van der Waals surface area contributed by atoms with Crippen molar-refractivity contribution < 1.29 is 0 Å². The average Bonchev–Trinajstić information content (AvgIpc) is 2.87. The smallest absolute Gasteiger partial charge is 0.201 e. The normalized spacial score (nSPS) is 20.0. The second-order valence-electron chi connectivity index (χ2n) is 6.02. The Morgan fingerprint density at radius 3 is 3.19 bits per heavy atom. The molecule has 5 nitrogen and oxygen atoms in total. The maximum Gasteiger partial charge on any atom is 0.201 e. The molecule has 1 aliphatic rings. The number of likely N-dealkylation sites (tertiary alicyclic amines) is 1. The maximum absolute atomic E-state index is 5.78. The van der Waals surface area contributed by atoms with E-state index in [1.165, 1.54) is 32.4 Å². The molecule has 1 unspecified atom stereocenters. The van der Waals surface area contributed by atoms with Gasteiger partial charge in [0.15, 0.2) is 0 Å². The lowest BCUT2D eigenvalue weighted by atomic mass is 10.0. The number of hydrogen-bond donors (Lipinski definition) is 3. The summed E-state index contributed by atoms with van der Waals surface area (Å²) in [6.45, 7) is 5.71. The fraction of sp³-hybridized carbons (Fsp3) is 0.562. The quantitative estimate of drug-likeness (QED) is 0.584. The van der Waals surface area contributed by atoms with Crippen LogP contribution in [0.3, 0.4) is 0 Å². The first-order valence-electron chi connectivity index (χ1n) is 7.95. The summed E-state index contributed by atoms with van der Waals surface area (Å²) in [6, 6.07) is 6.49. The zero-order valence-corrected chi connectivity index (χ0v) is 12.7. The highest BCUT2D eigenvalue weighted by molar-refractivity contribution is 5.80. The highest BCUT2D eigenvalue weighted by atomic mass is 15.2. The number of imidazole rings is 1. The number of hydrogen-bond acceptors (Lipinski definition) is 4. The van der Waals surface area contributed by atoms with E-state index in [1.54, 1.807) is 0 Å². The number of nitrogens with two attached hydrogens (primary N) is 1. The number of fused-ring (bicyclic) bond motifs is 1. The zero-order chi connectivity index (χ0) is 14.7. The largest absolute Gasteiger partial charge is 0.399 e. The van der Waals surface area contributed by atoms with Gasteiger partial charge in [-0.15, -0.1) is 0 Å². The molecule has 114 valence electrons. The van der Waals surface area contributed by atoms with Gasteiger partial charge in [-0.25, -0.2) is 4.98 Å². The summed E-state index contributed by atoms with van der Waals surface area (Å²) in [6.07, 6.45) is 5.22. The first-order chi connectivity index (χ1) is 10.2. The van der Waals surface area contributed by atoms with E-state index in [-0.39, 0.29) is 0 Å². The lowest BCUT2D eigenvalue weighted by Crippen LogP contribution is -2.38. The first-order valence-corrected chi connectivity index (χ1v) is 7.95. The highest BCUT2D eigenvalue weighted by Crippen LogP contribution is 2.18. The minimum absolute atomic E-state index is 0.743. The fourth-order valence-electron chi connectivity index (χ4n) is 3.09. The topological polar surface area (TPSA) is 70.0 Å². The van der Waals surface area contributed by atoms with Gasteiger partial charge in [0.25, 0.3) is 0 Å². The van der Waals surface area contributed by atoms with Crippen molar-refractivity contribution in [1.82, 2.24) is 14.9 Å². The molecule has 0 saturated carbocycles. The van der Waals surface area contributed by atoms with Crippen molar-refractivity contribution in [3.8, 4) is 0 Å². The number of piperidine rings is 1. The van der Waals surface area contributed by atoms with Crippen molar-refractivity contribution >= 4 is 22.7 Å². The Kier molecular flexibility index (Phi) is 4.29. The number of aromatic nitrogens is 2. The number of nitrogen functional groups attached to an aromatic ring is 1. The Morgan fingerprint density at radius 2 is 2.33 bits per heavy atom. The van der Waals surface area contributed by atoms with Gasteiger partial charge in [-0.3, -0.25) is 0 Å². The molecule has 3 rings (SSSR count). The summed E-state index contributed by atoms with van der Waals surface area (Å²) >= 11 is 0. The van der Waals surface area contributed by atoms with Crippen LogP contribution in [-0.4, -0.2) is 40.5 Å². The molecule has 2 aromatic rings. The van der Waals surface area contributed by atoms with Gasteiger partial charge in [0, 0.05) is 24.8 Å². The highest BCUT2D eigenvalue weighted by Gasteiger charge is 2.17. The maximum atomic E-state index is 5.78. The SMILES string of the molecule is CC1CCCCN1CCCNc1nc2ccc(N)cc2[nH]1. The van der Waals surface area contributed by atoms with Crippen LogP contribution in [0.5, 0.6) is 0 Å². The molecule has 0 amide bonds. The van der Waals surface area contributed by atoms with Gasteiger partial charge in [0.2, 0.25) is 5.95 Å². The van der Waals surface area contributed by atoms with Crippen molar-refractivity contribution in [1.29, 1.82) is 0 Å². The summed E-state index contributed by atoms with van der Waals surface area (Å²) in [4.78, 5) is 10.4. The molecule has 0 aliphatic carbocycles. The van der Waals surface area contributed by atoms with Gasteiger partial charge in [-0.05, 0) is 50.9 Å². The number of rotatable bonds is 5. The van der Waals surface area contributed by atoms with Crippen LogP contribution in [0.15, 0.2) is 18.2 Å². The molecule has 0 radical (unpaired) electrons. The van der Waals surface area contributed by atoms with E-state index in [2.05, 4.69) is 27.1 Å². The van der Waals surface area contributed by atoms with Crippen LogP contribution in [0.25, 0.3) is 11.0 Å². The predicted octanol–water partition coefficient (Wildman–Crippen LogP) is 2.82. The van der Waals surface area contributed by atoms with Crippen LogP contribution >= 0.6 is 0 Å². The summed E-state index contributed by atoms with van der Waals surface area (Å²) in [5.74, 6) is 0.835. The minimum atomic E-state index is 0.743. The average molecular weight is 287 g/mol. The number of H-pyrrole nitrogens is 1. The number of benzene rings is 1. The van der Waals surface area contributed by atoms with E-state index < -0.39 is 0 Å². The lowest BCUT2D eigenvalue weighted by Gasteiger charge is -2.33. The van der Waals surface area contributed by atoms with Crippen LogP contribution < -0.4 is 11.1 Å². The minimum Gasteiger partial charge on any atom is -0.399 e. The Morgan fingerprint density at radius 1 is 1.43 bits per heavy atom. The lowest BCUT2D eigenvalue weighted by molar-refractivity contribution is 0.160. The second-order valence-corrected chi connectivity index (χ2v) is 6.02. The molecule has 2 heterocycles.